The number of anilines is 1. The number of carbonyl (C=O) groups excluding carboxylic acids is 1. The van der Waals surface area contributed by atoms with Crippen LogP contribution in [0.3, 0.4) is 0 Å². The van der Waals surface area contributed by atoms with Gasteiger partial charge in [-0.3, -0.25) is 9.48 Å². The van der Waals surface area contributed by atoms with Gasteiger partial charge in [-0.15, -0.1) is 0 Å². The molecule has 0 spiro atoms. The minimum atomic E-state index is -3.90. The van der Waals surface area contributed by atoms with E-state index in [9.17, 15) is 13.2 Å². The molecule has 4 rings (SSSR count). The number of sulfonamides is 1. The molecule has 1 aromatic heterocycles. The lowest BCUT2D eigenvalue weighted by atomic mass is 9.87. The molecule has 1 aromatic carbocycles. The van der Waals surface area contributed by atoms with Crippen molar-refractivity contribution >= 4 is 33.2 Å². The zero-order valence-corrected chi connectivity index (χ0v) is 21.0. The highest BCUT2D eigenvalue weighted by Crippen LogP contribution is 2.28. The molecule has 1 saturated heterocycles. The van der Waals surface area contributed by atoms with Crippen molar-refractivity contribution in [3.8, 4) is 0 Å². The maximum Gasteiger partial charge on any atom is 0.263 e. The van der Waals surface area contributed by atoms with Gasteiger partial charge in [-0.1, -0.05) is 24.6 Å². The number of piperazine rings is 1. The van der Waals surface area contributed by atoms with E-state index in [1.54, 1.807) is 7.05 Å². The molecule has 8 nitrogen and oxygen atoms in total. The molecule has 2 heterocycles. The van der Waals surface area contributed by atoms with Crippen LogP contribution in [-0.4, -0.2) is 60.6 Å². The number of nitrogens with one attached hydrogen (secondary N) is 1. The van der Waals surface area contributed by atoms with Crippen molar-refractivity contribution in [2.45, 2.75) is 50.6 Å². The molecule has 0 bridgehead atoms. The van der Waals surface area contributed by atoms with Gasteiger partial charge in [0, 0.05) is 56.2 Å². The van der Waals surface area contributed by atoms with Crippen molar-refractivity contribution in [2.24, 2.45) is 13.0 Å². The topological polar surface area (TPSA) is 87.5 Å². The standard InChI is InChI=1S/C23H32ClN5O3S/c1-16-4-8-19(9-5-16)25-22(30)20-15-27(3)26-23(20)33(31,32)29-12-10-28(11-13-29)21-14-18(24)7-6-17(21)2/h6-7,14-16,19H,4-5,8-13H2,1-3H3,(H,25,30). The quantitative estimate of drug-likeness (QED) is 0.691. The second-order valence-electron chi connectivity index (χ2n) is 9.27. The first-order valence-corrected chi connectivity index (χ1v) is 13.3. The van der Waals surface area contributed by atoms with Gasteiger partial charge in [-0.2, -0.15) is 9.40 Å². The molecule has 2 fully saturated rings. The fraction of sp³-hybridized carbons (Fsp3) is 0.565. The number of aryl methyl sites for hydroxylation is 2. The van der Waals surface area contributed by atoms with E-state index < -0.39 is 10.0 Å². The minimum absolute atomic E-state index is 0.0777. The number of hydrogen-bond donors (Lipinski definition) is 1. The third-order valence-electron chi connectivity index (χ3n) is 6.73. The lowest BCUT2D eigenvalue weighted by molar-refractivity contribution is 0.0919. The molecule has 1 aliphatic heterocycles. The van der Waals surface area contributed by atoms with E-state index in [0.29, 0.717) is 37.1 Å². The zero-order valence-electron chi connectivity index (χ0n) is 19.4. The van der Waals surface area contributed by atoms with Crippen LogP contribution in [0.5, 0.6) is 0 Å². The van der Waals surface area contributed by atoms with Crippen LogP contribution in [0.2, 0.25) is 5.02 Å². The maximum atomic E-state index is 13.5. The van der Waals surface area contributed by atoms with Crippen LogP contribution in [0.1, 0.15) is 48.5 Å². The Bertz CT molecular complexity index is 1120. The first kappa shape index (κ1) is 24.0. The highest BCUT2D eigenvalue weighted by Gasteiger charge is 2.35. The van der Waals surface area contributed by atoms with Crippen molar-refractivity contribution in [2.75, 3.05) is 31.1 Å². The van der Waals surface area contributed by atoms with Crippen LogP contribution >= 0.6 is 11.6 Å². The number of carbonyl (C=O) groups is 1. The molecule has 10 heteroatoms. The normalized spacial score (nSPS) is 22.4. The summed E-state index contributed by atoms with van der Waals surface area (Å²) in [6.45, 7) is 5.93. The average Bonchev–Trinajstić information content (AvgIpc) is 3.20. The molecule has 1 aliphatic carbocycles. The smallest absolute Gasteiger partial charge is 0.263 e. The van der Waals surface area contributed by atoms with Crippen LogP contribution in [-0.2, 0) is 17.1 Å². The van der Waals surface area contributed by atoms with Gasteiger partial charge in [0.25, 0.3) is 15.9 Å². The Morgan fingerprint density at radius 2 is 1.79 bits per heavy atom. The van der Waals surface area contributed by atoms with E-state index in [4.69, 9.17) is 11.6 Å². The van der Waals surface area contributed by atoms with Crippen LogP contribution < -0.4 is 10.2 Å². The van der Waals surface area contributed by atoms with Crippen molar-refractivity contribution < 1.29 is 13.2 Å². The summed E-state index contributed by atoms with van der Waals surface area (Å²) in [6, 6.07) is 5.80. The van der Waals surface area contributed by atoms with E-state index >= 15 is 0 Å². The molecule has 0 unspecified atom stereocenters. The second kappa shape index (κ2) is 9.64. The molecule has 2 aromatic rings. The SMILES string of the molecule is Cc1ccc(Cl)cc1N1CCN(S(=O)(=O)c2nn(C)cc2C(=O)NC2CCC(C)CC2)CC1. The highest BCUT2D eigenvalue weighted by molar-refractivity contribution is 7.89. The molecule has 1 saturated carbocycles. The zero-order chi connectivity index (χ0) is 23.8. The Kier molecular flexibility index (Phi) is 7.02. The molecule has 0 atom stereocenters. The van der Waals surface area contributed by atoms with Gasteiger partial charge in [-0.25, -0.2) is 8.42 Å². The van der Waals surface area contributed by atoms with Crippen molar-refractivity contribution in [3.63, 3.8) is 0 Å². The van der Waals surface area contributed by atoms with Gasteiger partial charge in [0.2, 0.25) is 5.03 Å². The maximum absolute atomic E-state index is 13.5. The Morgan fingerprint density at radius 1 is 1.12 bits per heavy atom. The number of nitrogens with zero attached hydrogens (tertiary/aromatic N) is 4. The Hall–Kier alpha value is -2.10. The summed E-state index contributed by atoms with van der Waals surface area (Å²) >= 11 is 6.16. The number of halogens is 1. The summed E-state index contributed by atoms with van der Waals surface area (Å²) in [7, 11) is -2.27. The van der Waals surface area contributed by atoms with Gasteiger partial charge in [-0.05, 0) is 56.2 Å². The first-order chi connectivity index (χ1) is 15.6. The van der Waals surface area contributed by atoms with Crippen LogP contribution in [0.25, 0.3) is 0 Å². The van der Waals surface area contributed by atoms with Crippen LogP contribution in [0.4, 0.5) is 5.69 Å². The average molecular weight is 494 g/mol. The molecule has 2 aliphatic rings. The lowest BCUT2D eigenvalue weighted by Crippen LogP contribution is -2.49. The van der Waals surface area contributed by atoms with Gasteiger partial charge in [0.05, 0.1) is 5.56 Å². The number of amides is 1. The molecule has 0 radical (unpaired) electrons. The molecule has 1 amide bonds. The largest absolute Gasteiger partial charge is 0.369 e. The first-order valence-electron chi connectivity index (χ1n) is 11.5. The lowest BCUT2D eigenvalue weighted by Gasteiger charge is -2.36. The highest BCUT2D eigenvalue weighted by atomic mass is 35.5. The predicted molar refractivity (Wildman–Crippen MR) is 129 cm³/mol. The van der Waals surface area contributed by atoms with Crippen molar-refractivity contribution in [1.82, 2.24) is 19.4 Å². The third-order valence-corrected chi connectivity index (χ3v) is 8.80. The van der Waals surface area contributed by atoms with E-state index in [2.05, 4.69) is 22.2 Å². The van der Waals surface area contributed by atoms with Gasteiger partial charge in [0.1, 0.15) is 0 Å². The van der Waals surface area contributed by atoms with Gasteiger partial charge >= 0.3 is 0 Å². The number of aromatic nitrogens is 2. The summed E-state index contributed by atoms with van der Waals surface area (Å²) in [4.78, 5) is 15.1. The van der Waals surface area contributed by atoms with Crippen molar-refractivity contribution in [1.29, 1.82) is 0 Å². The van der Waals surface area contributed by atoms with Gasteiger partial charge in [0.15, 0.2) is 0 Å². The van der Waals surface area contributed by atoms with Crippen molar-refractivity contribution in [3.05, 3.63) is 40.5 Å². The Labute approximate surface area is 200 Å². The fourth-order valence-electron chi connectivity index (χ4n) is 4.70. The monoisotopic (exact) mass is 493 g/mol. The minimum Gasteiger partial charge on any atom is -0.369 e. The molecular formula is C23H32ClN5O3S. The Morgan fingerprint density at radius 3 is 2.45 bits per heavy atom. The van der Waals surface area contributed by atoms with Crippen LogP contribution in [0.15, 0.2) is 29.4 Å². The number of benzene rings is 1. The van der Waals surface area contributed by atoms with E-state index in [0.717, 1.165) is 36.9 Å². The van der Waals surface area contributed by atoms with E-state index in [1.165, 1.54) is 15.2 Å². The van der Waals surface area contributed by atoms with Crippen LogP contribution in [0, 0.1) is 12.8 Å². The summed E-state index contributed by atoms with van der Waals surface area (Å²) in [5, 5.41) is 7.70. The second-order valence-corrected chi connectivity index (χ2v) is 11.6. The summed E-state index contributed by atoms with van der Waals surface area (Å²) in [5.41, 5.74) is 2.22. The Balaban J connectivity index is 1.48. The summed E-state index contributed by atoms with van der Waals surface area (Å²) in [5.74, 6) is 0.302. The summed E-state index contributed by atoms with van der Waals surface area (Å²) < 4.78 is 29.7. The fourth-order valence-corrected chi connectivity index (χ4v) is 6.41. The van der Waals surface area contributed by atoms with E-state index in [1.807, 2.05) is 25.1 Å². The van der Waals surface area contributed by atoms with Gasteiger partial charge < -0.3 is 10.2 Å². The third kappa shape index (κ3) is 5.20. The molecular weight excluding hydrogens is 462 g/mol. The molecule has 1 N–H and O–H groups in total. The summed E-state index contributed by atoms with van der Waals surface area (Å²) in [6.07, 6.45) is 5.47. The predicted octanol–water partition coefficient (Wildman–Crippen LogP) is 3.20. The van der Waals surface area contributed by atoms with E-state index in [-0.39, 0.29) is 22.5 Å². The molecule has 180 valence electrons. The number of rotatable bonds is 5. The number of hydrogen-bond acceptors (Lipinski definition) is 5. The molecule has 33 heavy (non-hydrogen) atoms.